The maximum atomic E-state index is 11.6. The molecule has 0 saturated carbocycles. The highest BCUT2D eigenvalue weighted by Crippen LogP contribution is 2.33. The van der Waals surface area contributed by atoms with Crippen LogP contribution in [0.3, 0.4) is 0 Å². The van der Waals surface area contributed by atoms with Crippen molar-refractivity contribution in [3.8, 4) is 11.5 Å². The molecule has 21 heavy (non-hydrogen) atoms. The lowest BCUT2D eigenvalue weighted by Crippen LogP contribution is -2.38. The van der Waals surface area contributed by atoms with E-state index in [-0.39, 0.29) is 5.91 Å². The highest BCUT2D eigenvalue weighted by Gasteiger charge is 2.27. The van der Waals surface area contributed by atoms with Crippen LogP contribution in [0, 0.1) is 0 Å². The summed E-state index contributed by atoms with van der Waals surface area (Å²) >= 11 is 0. The van der Waals surface area contributed by atoms with Gasteiger partial charge in [-0.05, 0) is 17.7 Å². The molecule has 2 aromatic carbocycles. The summed E-state index contributed by atoms with van der Waals surface area (Å²) in [4.78, 5) is 11.6. The molecular weight excluding hydrogens is 270 g/mol. The summed E-state index contributed by atoms with van der Waals surface area (Å²) in [6.45, 7) is 0.472. The number of carbonyl (C=O) groups is 1. The predicted molar refractivity (Wildman–Crippen MR) is 77.3 cm³/mol. The number of carbonyl (C=O) groups excluding carboxylic acids is 1. The molecule has 108 valence electrons. The first-order valence-electron chi connectivity index (χ1n) is 6.57. The van der Waals surface area contributed by atoms with Gasteiger partial charge in [-0.1, -0.05) is 30.3 Å². The van der Waals surface area contributed by atoms with Crippen molar-refractivity contribution in [3.05, 3.63) is 54.1 Å². The maximum Gasteiger partial charge on any atom is 0.294 e. The normalized spacial score (nSPS) is 16.6. The monoisotopic (exact) mass is 285 g/mol. The third kappa shape index (κ3) is 2.98. The van der Waals surface area contributed by atoms with E-state index in [1.807, 2.05) is 30.3 Å². The molecule has 5 heteroatoms. The minimum absolute atomic E-state index is 0.317. The number of amides is 1. The zero-order chi connectivity index (χ0) is 14.7. The van der Waals surface area contributed by atoms with Crippen LogP contribution in [0.5, 0.6) is 11.5 Å². The predicted octanol–water partition coefficient (Wildman–Crippen LogP) is 2.57. The average molecular weight is 285 g/mol. The summed E-state index contributed by atoms with van der Waals surface area (Å²) < 4.78 is 16.1. The van der Waals surface area contributed by atoms with Crippen LogP contribution in [0.2, 0.25) is 0 Å². The van der Waals surface area contributed by atoms with Crippen LogP contribution in [-0.2, 0) is 16.1 Å². The Hall–Kier alpha value is -2.53. The number of fused-ring (bicyclic) bond motifs is 1. The van der Waals surface area contributed by atoms with Gasteiger partial charge < -0.3 is 19.5 Å². The Morgan fingerprint density at radius 3 is 2.76 bits per heavy atom. The number of nitrogens with one attached hydrogen (secondary N) is 1. The number of hydrogen-bond acceptors (Lipinski definition) is 4. The van der Waals surface area contributed by atoms with Crippen molar-refractivity contribution < 1.29 is 19.0 Å². The molecule has 1 heterocycles. The molecule has 2 aromatic rings. The first kappa shape index (κ1) is 13.5. The minimum Gasteiger partial charge on any atom is -0.489 e. The van der Waals surface area contributed by atoms with Crippen molar-refractivity contribution in [2.45, 2.75) is 12.9 Å². The summed E-state index contributed by atoms with van der Waals surface area (Å²) in [5.74, 6) is 0.888. The van der Waals surface area contributed by atoms with Gasteiger partial charge in [0.05, 0.1) is 5.69 Å². The Kier molecular flexibility index (Phi) is 3.75. The third-order valence-electron chi connectivity index (χ3n) is 3.12. The van der Waals surface area contributed by atoms with Gasteiger partial charge in [-0.2, -0.15) is 0 Å². The first-order chi connectivity index (χ1) is 10.3. The Bertz CT molecular complexity index is 642. The summed E-state index contributed by atoms with van der Waals surface area (Å²) in [5, 5.41) is 2.72. The van der Waals surface area contributed by atoms with Gasteiger partial charge in [0.2, 0.25) is 0 Å². The maximum absolute atomic E-state index is 11.6. The quantitative estimate of drug-likeness (QED) is 0.938. The largest absolute Gasteiger partial charge is 0.489 e. The second-order valence-electron chi connectivity index (χ2n) is 4.61. The molecule has 3 rings (SSSR count). The molecule has 0 bridgehead atoms. The van der Waals surface area contributed by atoms with Crippen molar-refractivity contribution >= 4 is 11.6 Å². The molecule has 0 spiro atoms. The van der Waals surface area contributed by atoms with Gasteiger partial charge >= 0.3 is 0 Å². The zero-order valence-electron chi connectivity index (χ0n) is 11.5. The zero-order valence-corrected chi connectivity index (χ0v) is 11.5. The molecular formula is C16H15NO4. The summed E-state index contributed by atoms with van der Waals surface area (Å²) in [7, 11) is 1.42. The lowest BCUT2D eigenvalue weighted by atomic mass is 10.2. The van der Waals surface area contributed by atoms with E-state index in [2.05, 4.69) is 5.32 Å². The topological polar surface area (TPSA) is 56.8 Å². The molecule has 0 aliphatic carbocycles. The summed E-state index contributed by atoms with van der Waals surface area (Å²) in [6.07, 6.45) is -0.929. The molecule has 5 nitrogen and oxygen atoms in total. The van der Waals surface area contributed by atoms with Crippen LogP contribution in [0.25, 0.3) is 0 Å². The smallest absolute Gasteiger partial charge is 0.294 e. The van der Waals surface area contributed by atoms with Gasteiger partial charge in [0.1, 0.15) is 12.4 Å². The Morgan fingerprint density at radius 2 is 2.00 bits per heavy atom. The molecule has 0 saturated heterocycles. The number of hydrogen-bond donors (Lipinski definition) is 1. The molecule has 1 aliphatic rings. The molecule has 0 fully saturated rings. The molecule has 1 N–H and O–H groups in total. The number of rotatable bonds is 4. The molecule has 1 atom stereocenters. The summed E-state index contributed by atoms with van der Waals surface area (Å²) in [5.41, 5.74) is 1.69. The molecule has 0 aromatic heterocycles. The number of anilines is 1. The van der Waals surface area contributed by atoms with Crippen molar-refractivity contribution in [2.75, 3.05) is 12.4 Å². The Labute approximate surface area is 122 Å². The second-order valence-corrected chi connectivity index (χ2v) is 4.61. The fraction of sp³-hybridized carbons (Fsp3) is 0.188. The van der Waals surface area contributed by atoms with Crippen LogP contribution in [-0.4, -0.2) is 19.3 Å². The van der Waals surface area contributed by atoms with E-state index < -0.39 is 6.29 Å². The van der Waals surface area contributed by atoms with E-state index in [1.165, 1.54) is 7.11 Å². The summed E-state index contributed by atoms with van der Waals surface area (Å²) in [6, 6.07) is 15.2. The van der Waals surface area contributed by atoms with Crippen LogP contribution in [0.15, 0.2) is 48.5 Å². The van der Waals surface area contributed by atoms with Crippen LogP contribution in [0.1, 0.15) is 5.56 Å². The van der Waals surface area contributed by atoms with Crippen molar-refractivity contribution in [1.82, 2.24) is 0 Å². The van der Waals surface area contributed by atoms with Crippen LogP contribution < -0.4 is 14.8 Å². The fourth-order valence-corrected chi connectivity index (χ4v) is 2.05. The van der Waals surface area contributed by atoms with Crippen molar-refractivity contribution in [1.29, 1.82) is 0 Å². The van der Waals surface area contributed by atoms with E-state index in [0.717, 1.165) is 5.56 Å². The van der Waals surface area contributed by atoms with E-state index >= 15 is 0 Å². The van der Waals surface area contributed by atoms with Gasteiger partial charge in [-0.3, -0.25) is 4.79 Å². The van der Waals surface area contributed by atoms with E-state index in [1.54, 1.807) is 18.2 Å². The van der Waals surface area contributed by atoms with E-state index in [9.17, 15) is 4.79 Å². The molecule has 0 radical (unpaired) electrons. The van der Waals surface area contributed by atoms with Gasteiger partial charge in [0, 0.05) is 13.2 Å². The lowest BCUT2D eigenvalue weighted by molar-refractivity contribution is -0.143. The van der Waals surface area contributed by atoms with Gasteiger partial charge in [0.15, 0.2) is 5.75 Å². The second kappa shape index (κ2) is 5.85. The molecule has 1 aliphatic heterocycles. The lowest BCUT2D eigenvalue weighted by Gasteiger charge is -2.24. The molecule has 1 unspecified atom stereocenters. The van der Waals surface area contributed by atoms with Crippen LogP contribution >= 0.6 is 0 Å². The third-order valence-corrected chi connectivity index (χ3v) is 3.12. The standard InChI is InChI=1S/C16H15NO4/c1-19-16-15(18)17-13-8-7-12(9-14(13)21-16)20-10-11-5-3-2-4-6-11/h2-9,16H,10H2,1H3,(H,17,18). The fourth-order valence-electron chi connectivity index (χ4n) is 2.05. The SMILES string of the molecule is COC1Oc2cc(OCc3ccccc3)ccc2NC1=O. The Balaban J connectivity index is 1.72. The highest BCUT2D eigenvalue weighted by molar-refractivity contribution is 5.96. The number of ether oxygens (including phenoxy) is 3. The first-order valence-corrected chi connectivity index (χ1v) is 6.57. The van der Waals surface area contributed by atoms with Crippen molar-refractivity contribution in [3.63, 3.8) is 0 Å². The number of methoxy groups -OCH3 is 1. The number of benzene rings is 2. The molecule has 1 amide bonds. The van der Waals surface area contributed by atoms with E-state index in [4.69, 9.17) is 14.2 Å². The van der Waals surface area contributed by atoms with Gasteiger partial charge in [-0.15, -0.1) is 0 Å². The van der Waals surface area contributed by atoms with Gasteiger partial charge in [-0.25, -0.2) is 0 Å². The highest BCUT2D eigenvalue weighted by atomic mass is 16.7. The van der Waals surface area contributed by atoms with Gasteiger partial charge in [0.25, 0.3) is 12.2 Å². The van der Waals surface area contributed by atoms with Crippen molar-refractivity contribution in [2.24, 2.45) is 0 Å². The Morgan fingerprint density at radius 1 is 1.19 bits per heavy atom. The van der Waals surface area contributed by atoms with E-state index in [0.29, 0.717) is 23.8 Å². The minimum atomic E-state index is -0.929. The average Bonchev–Trinajstić information content (AvgIpc) is 2.53. The van der Waals surface area contributed by atoms with Crippen LogP contribution in [0.4, 0.5) is 5.69 Å².